The van der Waals surface area contributed by atoms with Crippen molar-refractivity contribution in [2.45, 2.75) is 12.6 Å². The van der Waals surface area contributed by atoms with Gasteiger partial charge in [-0.1, -0.05) is 30.3 Å². The van der Waals surface area contributed by atoms with Crippen molar-refractivity contribution in [1.29, 1.82) is 0 Å². The molecule has 1 amide bonds. The largest absolute Gasteiger partial charge is 0.507 e. The van der Waals surface area contributed by atoms with Gasteiger partial charge < -0.3 is 19.4 Å². The number of para-hydroxylation sites is 1. The highest BCUT2D eigenvalue weighted by Gasteiger charge is 2.47. The molecule has 33 heavy (non-hydrogen) atoms. The Morgan fingerprint density at radius 1 is 1.12 bits per heavy atom. The third kappa shape index (κ3) is 3.35. The fourth-order valence-electron chi connectivity index (χ4n) is 4.18. The van der Waals surface area contributed by atoms with Crippen LogP contribution in [0.3, 0.4) is 0 Å². The number of aliphatic hydroxyl groups is 1. The molecule has 1 atom stereocenters. The molecule has 1 unspecified atom stereocenters. The average molecular weight is 443 g/mol. The predicted octanol–water partition coefficient (Wildman–Crippen LogP) is 4.29. The van der Waals surface area contributed by atoms with Crippen LogP contribution in [0.5, 0.6) is 0 Å². The number of Topliss-reactive ketones (excluding diaryl/α,β-unsaturated/α-hetero) is 1. The van der Waals surface area contributed by atoms with Gasteiger partial charge in [-0.2, -0.15) is 0 Å². The predicted molar refractivity (Wildman–Crippen MR) is 118 cm³/mol. The molecule has 0 aliphatic carbocycles. The number of hydrogen-bond acceptors (Lipinski definition) is 6. The van der Waals surface area contributed by atoms with Crippen molar-refractivity contribution in [2.75, 3.05) is 0 Å². The van der Waals surface area contributed by atoms with Crippen molar-refractivity contribution in [1.82, 2.24) is 9.88 Å². The minimum absolute atomic E-state index is 0.00741. The number of nitrogens with zero attached hydrogens (tertiary/aromatic N) is 2. The van der Waals surface area contributed by atoms with Gasteiger partial charge in [-0.3, -0.25) is 19.7 Å². The minimum Gasteiger partial charge on any atom is -0.507 e. The van der Waals surface area contributed by atoms with Crippen LogP contribution in [0.1, 0.15) is 22.9 Å². The summed E-state index contributed by atoms with van der Waals surface area (Å²) in [6.45, 7) is 0.00741. The van der Waals surface area contributed by atoms with Gasteiger partial charge in [0.1, 0.15) is 11.5 Å². The molecule has 1 fully saturated rings. The zero-order chi connectivity index (χ0) is 23.1. The zero-order valence-electron chi connectivity index (χ0n) is 17.1. The van der Waals surface area contributed by atoms with Crippen LogP contribution in [0.4, 0.5) is 5.69 Å². The second-order valence-electron chi connectivity index (χ2n) is 7.60. The summed E-state index contributed by atoms with van der Waals surface area (Å²) in [5.41, 5.74) is 1.10. The van der Waals surface area contributed by atoms with Crippen LogP contribution in [0.25, 0.3) is 16.7 Å². The number of rotatable bonds is 5. The number of carbonyl (C=O) groups is 2. The average Bonchev–Trinajstić information content (AvgIpc) is 3.54. The summed E-state index contributed by atoms with van der Waals surface area (Å²) in [4.78, 5) is 41.3. The van der Waals surface area contributed by atoms with Gasteiger partial charge in [0, 0.05) is 40.4 Å². The lowest BCUT2D eigenvalue weighted by atomic mass is 9.95. The molecular formula is C24H17N3O6. The van der Waals surface area contributed by atoms with Crippen LogP contribution in [0.15, 0.2) is 83.1 Å². The molecule has 2 N–H and O–H groups in total. The molecule has 1 saturated heterocycles. The first kappa shape index (κ1) is 20.3. The number of nitro benzene ring substituents is 1. The minimum atomic E-state index is -0.925. The van der Waals surface area contributed by atoms with E-state index in [2.05, 4.69) is 4.98 Å². The highest BCUT2D eigenvalue weighted by molar-refractivity contribution is 6.46. The van der Waals surface area contributed by atoms with Crippen LogP contribution in [0.2, 0.25) is 0 Å². The van der Waals surface area contributed by atoms with Crippen LogP contribution >= 0.6 is 0 Å². The Morgan fingerprint density at radius 2 is 1.94 bits per heavy atom. The topological polar surface area (TPSA) is 130 Å². The molecule has 0 radical (unpaired) electrons. The van der Waals surface area contributed by atoms with Gasteiger partial charge in [0.15, 0.2) is 0 Å². The number of hydrogen-bond donors (Lipinski definition) is 2. The Balaban J connectivity index is 1.72. The monoisotopic (exact) mass is 443 g/mol. The third-order valence-electron chi connectivity index (χ3n) is 5.69. The lowest BCUT2D eigenvalue weighted by molar-refractivity contribution is -0.384. The van der Waals surface area contributed by atoms with Gasteiger partial charge in [-0.25, -0.2) is 0 Å². The van der Waals surface area contributed by atoms with E-state index >= 15 is 0 Å². The molecule has 4 aromatic rings. The van der Waals surface area contributed by atoms with Crippen LogP contribution in [-0.2, 0) is 16.1 Å². The number of amides is 1. The molecule has 0 spiro atoms. The molecule has 5 rings (SSSR count). The molecule has 3 heterocycles. The van der Waals surface area contributed by atoms with Crippen molar-refractivity contribution in [3.63, 3.8) is 0 Å². The van der Waals surface area contributed by atoms with Crippen molar-refractivity contribution in [3.8, 4) is 0 Å². The van der Waals surface area contributed by atoms with Gasteiger partial charge in [0.25, 0.3) is 17.4 Å². The summed E-state index contributed by atoms with van der Waals surface area (Å²) < 4.78 is 5.39. The molecule has 2 aromatic heterocycles. The SMILES string of the molecule is O=C1C(=O)N(Cc2ccco2)C(c2c[nH]c3ccccc23)/C1=C(\O)c1cccc([N+](=O)[O-])c1. The van der Waals surface area contributed by atoms with E-state index in [0.717, 1.165) is 10.9 Å². The second kappa shape index (κ2) is 7.79. The Bertz CT molecular complexity index is 1430. The number of carbonyl (C=O) groups excluding carboxylic acids is 2. The highest BCUT2D eigenvalue weighted by atomic mass is 16.6. The maximum Gasteiger partial charge on any atom is 0.296 e. The standard InChI is InChI=1S/C24H17N3O6/c28-22(14-5-3-6-15(11-14)27(31)32)20-21(18-12-25-19-9-2-1-8-17(18)19)26(24(30)23(20)29)13-16-7-4-10-33-16/h1-12,21,25,28H,13H2/b22-20+. The fourth-order valence-corrected chi connectivity index (χ4v) is 4.18. The normalized spacial score (nSPS) is 17.7. The van der Waals surface area contributed by atoms with Gasteiger partial charge in [-0.15, -0.1) is 0 Å². The first-order chi connectivity index (χ1) is 16.0. The van der Waals surface area contributed by atoms with Crippen molar-refractivity contribution >= 4 is 34.0 Å². The zero-order valence-corrected chi connectivity index (χ0v) is 17.1. The summed E-state index contributed by atoms with van der Waals surface area (Å²) in [6, 6.07) is 15.1. The number of ketones is 1. The summed E-state index contributed by atoms with van der Waals surface area (Å²) in [5.74, 6) is -1.68. The molecule has 1 aliphatic rings. The Hall–Kier alpha value is -4.66. The number of H-pyrrole nitrogens is 1. The first-order valence-corrected chi connectivity index (χ1v) is 10.1. The molecule has 2 aromatic carbocycles. The van der Waals surface area contributed by atoms with Crippen molar-refractivity contribution < 1.29 is 24.0 Å². The molecule has 0 bridgehead atoms. The summed E-state index contributed by atoms with van der Waals surface area (Å²) in [5, 5.41) is 23.1. The van der Waals surface area contributed by atoms with E-state index in [9.17, 15) is 24.8 Å². The lowest BCUT2D eigenvalue weighted by Crippen LogP contribution is -2.29. The number of benzene rings is 2. The molecule has 1 aliphatic heterocycles. The van der Waals surface area contributed by atoms with Crippen molar-refractivity contribution in [2.24, 2.45) is 0 Å². The number of non-ortho nitro benzene ring substituents is 1. The number of likely N-dealkylation sites (tertiary alicyclic amines) is 1. The van der Waals surface area contributed by atoms with E-state index in [0.29, 0.717) is 11.3 Å². The Morgan fingerprint density at radius 3 is 2.70 bits per heavy atom. The van der Waals surface area contributed by atoms with Crippen molar-refractivity contribution in [3.05, 3.63) is 106 Å². The third-order valence-corrected chi connectivity index (χ3v) is 5.69. The van der Waals surface area contributed by atoms with Gasteiger partial charge in [0.05, 0.1) is 29.3 Å². The smallest absolute Gasteiger partial charge is 0.296 e. The molecule has 9 heteroatoms. The summed E-state index contributed by atoms with van der Waals surface area (Å²) in [7, 11) is 0. The first-order valence-electron chi connectivity index (χ1n) is 10.1. The van der Waals surface area contributed by atoms with Crippen LogP contribution in [-0.4, -0.2) is 31.6 Å². The quantitative estimate of drug-likeness (QED) is 0.156. The number of aromatic amines is 1. The number of fused-ring (bicyclic) bond motifs is 1. The number of nitro groups is 1. The van der Waals surface area contributed by atoms with E-state index < -0.39 is 28.4 Å². The number of nitrogens with one attached hydrogen (secondary N) is 1. The Labute approximate surface area is 186 Å². The van der Waals surface area contributed by atoms with E-state index in [1.165, 1.54) is 35.4 Å². The number of aliphatic hydroxyl groups excluding tert-OH is 1. The maximum atomic E-state index is 13.1. The van der Waals surface area contributed by atoms with E-state index in [4.69, 9.17) is 4.42 Å². The summed E-state index contributed by atoms with van der Waals surface area (Å²) >= 11 is 0. The molecule has 9 nitrogen and oxygen atoms in total. The van der Waals surface area contributed by atoms with E-state index in [1.54, 1.807) is 18.3 Å². The van der Waals surface area contributed by atoms with Gasteiger partial charge in [0.2, 0.25) is 0 Å². The van der Waals surface area contributed by atoms with Gasteiger partial charge >= 0.3 is 0 Å². The van der Waals surface area contributed by atoms with Crippen LogP contribution < -0.4 is 0 Å². The fraction of sp³-hybridized carbons (Fsp3) is 0.0833. The molecule has 164 valence electrons. The van der Waals surface area contributed by atoms with E-state index in [1.807, 2.05) is 24.3 Å². The van der Waals surface area contributed by atoms with Crippen LogP contribution in [0, 0.1) is 10.1 Å². The molecule has 0 saturated carbocycles. The summed E-state index contributed by atoms with van der Waals surface area (Å²) in [6.07, 6.45) is 3.16. The highest BCUT2D eigenvalue weighted by Crippen LogP contribution is 2.42. The lowest BCUT2D eigenvalue weighted by Gasteiger charge is -2.24. The number of furan rings is 1. The number of aromatic nitrogens is 1. The van der Waals surface area contributed by atoms with Gasteiger partial charge in [-0.05, 0) is 18.2 Å². The maximum absolute atomic E-state index is 13.1. The molecular weight excluding hydrogens is 426 g/mol. The van der Waals surface area contributed by atoms with E-state index in [-0.39, 0.29) is 23.4 Å². The Kier molecular flexibility index (Phi) is 4.78. The second-order valence-corrected chi connectivity index (χ2v) is 7.60.